The van der Waals surface area contributed by atoms with E-state index in [1.165, 1.54) is 37.8 Å². The lowest BCUT2D eigenvalue weighted by molar-refractivity contribution is -0.128. The van der Waals surface area contributed by atoms with E-state index in [9.17, 15) is 29.4 Å². The van der Waals surface area contributed by atoms with E-state index in [1.54, 1.807) is 29.8 Å². The average molecular weight is 897 g/mol. The topological polar surface area (TPSA) is 230 Å². The highest BCUT2D eigenvalue weighted by atomic mass is 16.6. The van der Waals surface area contributed by atoms with Crippen LogP contribution >= 0.6 is 0 Å². The van der Waals surface area contributed by atoms with Gasteiger partial charge in [-0.15, -0.1) is 0 Å². The SMILES string of the molecule is O=C(NCCOCCOCCNC(=O)C(c1cccc(C(=O)O)n1)N1CCOCCOCCN(Cc2cccc(C(=O)O)n2)CCOCCOCC1)OC[C@@H]1[C@@H]2CCC3=CC3CC[C@@H]21. The monoisotopic (exact) mass is 896 g/mol. The standard InChI is InChI=1S/C45H64N6O13/c52-42(46-11-17-58-23-24-59-18-12-47-45(57)64-31-37-35-9-7-32-29-33(32)8-10-36(35)37)41(38-4-2-6-40(49-38)44(55)56)51-15-21-62-27-25-60-19-13-50(14-20-61-26-28-63-22-16-51)30-34-3-1-5-39(48-34)43(53)54/h1-6,29,32,35-37,41H,7-28,30-31H2,(H,46,52)(H,47,57)(H,53,54)(H,55,56)/t32?,35-,36+,37-,41?/m0/s1. The lowest BCUT2D eigenvalue weighted by Gasteiger charge is -2.30. The third kappa shape index (κ3) is 16.4. The third-order valence-corrected chi connectivity index (χ3v) is 11.9. The van der Waals surface area contributed by atoms with Gasteiger partial charge in [0, 0.05) is 45.8 Å². The van der Waals surface area contributed by atoms with Crippen LogP contribution in [0.4, 0.5) is 4.79 Å². The number of carbonyl (C=O) groups excluding carboxylic acids is 2. The number of fused-ring (bicyclic) bond motifs is 2. The Kier molecular flexibility index (Phi) is 20.1. The summed E-state index contributed by atoms with van der Waals surface area (Å²) in [6.45, 7) is 6.73. The third-order valence-electron chi connectivity index (χ3n) is 11.9. The van der Waals surface area contributed by atoms with Crippen molar-refractivity contribution in [3.05, 3.63) is 70.8 Å². The Hall–Kier alpha value is -4.60. The molecular formula is C45H64N6O13. The maximum absolute atomic E-state index is 13.9. The number of carboxylic acid groups (broad SMARTS) is 2. The molecule has 352 valence electrons. The molecule has 2 unspecified atom stereocenters. The first-order chi connectivity index (χ1) is 31.3. The second kappa shape index (κ2) is 26.4. The van der Waals surface area contributed by atoms with Crippen molar-refractivity contribution in [3.8, 4) is 0 Å². The zero-order valence-electron chi connectivity index (χ0n) is 36.6. The Labute approximate surface area is 374 Å². The smallest absolute Gasteiger partial charge is 0.407 e. The summed E-state index contributed by atoms with van der Waals surface area (Å²) in [5.74, 6) is -0.0600. The van der Waals surface area contributed by atoms with Gasteiger partial charge in [0.05, 0.1) is 97.3 Å². The van der Waals surface area contributed by atoms with Crippen molar-refractivity contribution in [2.45, 2.75) is 38.3 Å². The minimum atomic E-state index is -1.21. The van der Waals surface area contributed by atoms with E-state index >= 15 is 0 Å². The van der Waals surface area contributed by atoms with Crippen LogP contribution in [0.15, 0.2) is 48.0 Å². The van der Waals surface area contributed by atoms with E-state index in [2.05, 4.69) is 31.6 Å². The Morgan fingerprint density at radius 2 is 1.30 bits per heavy atom. The summed E-state index contributed by atoms with van der Waals surface area (Å²) in [4.78, 5) is 61.8. The minimum absolute atomic E-state index is 0.0124. The molecule has 3 heterocycles. The predicted octanol–water partition coefficient (Wildman–Crippen LogP) is 2.67. The summed E-state index contributed by atoms with van der Waals surface area (Å²) in [6, 6.07) is 8.51. The highest BCUT2D eigenvalue weighted by Gasteiger charge is 2.51. The fourth-order valence-electron chi connectivity index (χ4n) is 8.35. The maximum atomic E-state index is 13.9. The number of aromatic nitrogens is 2. The van der Waals surface area contributed by atoms with Crippen molar-refractivity contribution >= 4 is 23.9 Å². The van der Waals surface area contributed by atoms with Gasteiger partial charge >= 0.3 is 18.0 Å². The molecule has 2 aromatic heterocycles. The van der Waals surface area contributed by atoms with Crippen molar-refractivity contribution in [2.75, 3.05) is 125 Å². The molecule has 2 amide bonds. The highest BCUT2D eigenvalue weighted by Crippen LogP contribution is 2.57. The fourth-order valence-corrected chi connectivity index (χ4v) is 8.35. The van der Waals surface area contributed by atoms with E-state index in [-0.39, 0.29) is 50.1 Å². The number of nitrogens with zero attached hydrogens (tertiary/aromatic N) is 4. The van der Waals surface area contributed by atoms with Crippen molar-refractivity contribution in [1.82, 2.24) is 30.4 Å². The summed E-state index contributed by atoms with van der Waals surface area (Å²) >= 11 is 0. The number of pyridine rings is 2. The molecule has 64 heavy (non-hydrogen) atoms. The Morgan fingerprint density at radius 3 is 1.95 bits per heavy atom. The van der Waals surface area contributed by atoms with Crippen LogP contribution in [0.5, 0.6) is 0 Å². The lowest BCUT2D eigenvalue weighted by atomic mass is 10.0. The molecule has 5 atom stereocenters. The Bertz CT molecular complexity index is 1820. The fraction of sp³-hybridized carbons (Fsp3) is 0.644. The molecular weight excluding hydrogens is 833 g/mol. The van der Waals surface area contributed by atoms with Crippen LogP contribution in [0.1, 0.15) is 64.1 Å². The van der Waals surface area contributed by atoms with Gasteiger partial charge in [-0.3, -0.25) is 14.6 Å². The lowest BCUT2D eigenvalue weighted by Crippen LogP contribution is -2.44. The van der Waals surface area contributed by atoms with Gasteiger partial charge in [-0.25, -0.2) is 24.4 Å². The number of nitrogens with one attached hydrogen (secondary N) is 2. The maximum Gasteiger partial charge on any atom is 0.407 e. The molecule has 4 aliphatic rings. The van der Waals surface area contributed by atoms with Crippen LogP contribution in [0.3, 0.4) is 0 Å². The summed E-state index contributed by atoms with van der Waals surface area (Å²) < 4.78 is 40.3. The molecule has 6 rings (SSSR count). The zero-order chi connectivity index (χ0) is 44.9. The van der Waals surface area contributed by atoms with Gasteiger partial charge in [-0.1, -0.05) is 23.8 Å². The number of carboxylic acids is 2. The van der Waals surface area contributed by atoms with E-state index in [1.807, 2.05) is 4.90 Å². The second-order valence-electron chi connectivity index (χ2n) is 16.2. The number of ether oxygens (including phenoxy) is 7. The number of amides is 2. The van der Waals surface area contributed by atoms with Gasteiger partial charge in [-0.05, 0) is 73.6 Å². The molecule has 0 aromatic carbocycles. The number of rotatable bonds is 18. The number of hydrogen-bond acceptors (Lipinski definition) is 15. The van der Waals surface area contributed by atoms with E-state index in [0.717, 1.165) is 5.92 Å². The molecule has 2 aromatic rings. The van der Waals surface area contributed by atoms with Crippen LogP contribution in [0.2, 0.25) is 0 Å². The largest absolute Gasteiger partial charge is 0.477 e. The second-order valence-corrected chi connectivity index (χ2v) is 16.2. The zero-order valence-corrected chi connectivity index (χ0v) is 36.6. The number of carbonyl (C=O) groups is 4. The molecule has 1 aliphatic heterocycles. The quantitative estimate of drug-likeness (QED) is 0.125. The number of alkyl carbamates (subject to hydrolysis) is 1. The number of allylic oxidation sites excluding steroid dienone is 2. The summed E-state index contributed by atoms with van der Waals surface area (Å²) in [7, 11) is 0. The summed E-state index contributed by atoms with van der Waals surface area (Å²) in [6.07, 6.45) is 6.88. The number of aromatic carboxylic acids is 2. The van der Waals surface area contributed by atoms with E-state index < -0.39 is 30.0 Å². The molecule has 1 saturated heterocycles. The first-order valence-electron chi connectivity index (χ1n) is 22.5. The molecule has 19 heteroatoms. The molecule has 2 saturated carbocycles. The van der Waals surface area contributed by atoms with Gasteiger partial charge < -0.3 is 54.0 Å². The Morgan fingerprint density at radius 1 is 0.703 bits per heavy atom. The molecule has 0 spiro atoms. The molecule has 4 N–H and O–H groups in total. The van der Waals surface area contributed by atoms with Crippen molar-refractivity contribution in [1.29, 1.82) is 0 Å². The molecule has 19 nitrogen and oxygen atoms in total. The van der Waals surface area contributed by atoms with Gasteiger partial charge in [0.2, 0.25) is 5.91 Å². The first kappa shape index (κ1) is 48.8. The minimum Gasteiger partial charge on any atom is -0.477 e. The first-order valence-corrected chi connectivity index (χ1v) is 22.5. The van der Waals surface area contributed by atoms with Crippen LogP contribution in [-0.2, 0) is 44.5 Å². The molecule has 0 bridgehead atoms. The van der Waals surface area contributed by atoms with Gasteiger partial charge in [0.25, 0.3) is 0 Å². The van der Waals surface area contributed by atoms with Gasteiger partial charge in [0.1, 0.15) is 17.4 Å². The highest BCUT2D eigenvalue weighted by molar-refractivity contribution is 5.86. The molecule has 3 aliphatic carbocycles. The van der Waals surface area contributed by atoms with Crippen molar-refractivity contribution < 1.29 is 62.5 Å². The van der Waals surface area contributed by atoms with Crippen LogP contribution in [-0.4, -0.2) is 179 Å². The average Bonchev–Trinajstić information content (AvgIpc) is 4.19. The summed E-state index contributed by atoms with van der Waals surface area (Å²) in [5, 5.41) is 24.7. The summed E-state index contributed by atoms with van der Waals surface area (Å²) in [5.41, 5.74) is 2.32. The molecule has 3 fully saturated rings. The Balaban J connectivity index is 0.896. The number of hydrogen-bond donors (Lipinski definition) is 4. The van der Waals surface area contributed by atoms with Gasteiger partial charge in [0.15, 0.2) is 0 Å². The van der Waals surface area contributed by atoms with Crippen LogP contribution in [0, 0.1) is 23.7 Å². The van der Waals surface area contributed by atoms with Crippen LogP contribution in [0.25, 0.3) is 0 Å². The molecule has 0 radical (unpaired) electrons. The predicted molar refractivity (Wildman–Crippen MR) is 230 cm³/mol. The van der Waals surface area contributed by atoms with Crippen LogP contribution < -0.4 is 10.6 Å². The van der Waals surface area contributed by atoms with E-state index in [4.69, 9.17) is 33.2 Å². The van der Waals surface area contributed by atoms with Crippen molar-refractivity contribution in [2.24, 2.45) is 23.7 Å². The van der Waals surface area contributed by atoms with E-state index in [0.29, 0.717) is 122 Å². The normalized spacial score (nSPS) is 23.3. The van der Waals surface area contributed by atoms with Gasteiger partial charge in [-0.2, -0.15) is 0 Å². The van der Waals surface area contributed by atoms with Crippen molar-refractivity contribution in [3.63, 3.8) is 0 Å².